The van der Waals surface area contributed by atoms with Gasteiger partial charge in [-0.05, 0) is 24.3 Å². The Morgan fingerprint density at radius 3 is 2.60 bits per heavy atom. The van der Waals surface area contributed by atoms with Crippen LogP contribution in [-0.2, 0) is 11.0 Å². The first-order valence-electron chi connectivity index (χ1n) is 6.03. The summed E-state index contributed by atoms with van der Waals surface area (Å²) in [5, 5.41) is 0. The largest absolute Gasteiger partial charge is 0.417 e. The quantitative estimate of drug-likeness (QED) is 0.799. The van der Waals surface area contributed by atoms with Crippen LogP contribution in [0.4, 0.5) is 13.2 Å². The van der Waals surface area contributed by atoms with E-state index in [0.717, 1.165) is 12.3 Å². The van der Waals surface area contributed by atoms with E-state index >= 15 is 0 Å². The number of rotatable bonds is 3. The molecule has 0 saturated carbocycles. The summed E-state index contributed by atoms with van der Waals surface area (Å²) < 4.78 is 37.0. The minimum atomic E-state index is -4.37. The molecule has 1 aromatic rings. The number of pyridine rings is 1. The first-order chi connectivity index (χ1) is 9.40. The average Bonchev–Trinajstić information content (AvgIpc) is 2.36. The molecule has 6 heteroatoms. The van der Waals surface area contributed by atoms with Gasteiger partial charge in [-0.25, -0.2) is 0 Å². The van der Waals surface area contributed by atoms with Crippen molar-refractivity contribution in [2.24, 2.45) is 5.92 Å². The molecule has 106 valence electrons. The van der Waals surface area contributed by atoms with Gasteiger partial charge >= 0.3 is 6.18 Å². The third-order valence-corrected chi connectivity index (χ3v) is 3.05. The van der Waals surface area contributed by atoms with Crippen LogP contribution in [0.5, 0.6) is 0 Å². The van der Waals surface area contributed by atoms with E-state index in [1.165, 1.54) is 12.1 Å². The summed E-state index contributed by atoms with van der Waals surface area (Å²) in [6.45, 7) is 4.60. The monoisotopic (exact) mass is 282 g/mol. The van der Waals surface area contributed by atoms with E-state index in [1.807, 2.05) is 6.08 Å². The average molecular weight is 282 g/mol. The van der Waals surface area contributed by atoms with Gasteiger partial charge in [0.05, 0.1) is 11.3 Å². The molecule has 2 rings (SSSR count). The van der Waals surface area contributed by atoms with E-state index in [-0.39, 0.29) is 11.8 Å². The summed E-state index contributed by atoms with van der Waals surface area (Å²) in [7, 11) is 0. The van der Waals surface area contributed by atoms with E-state index in [1.54, 1.807) is 11.0 Å². The molecule has 1 amide bonds. The summed E-state index contributed by atoms with van der Waals surface area (Å²) >= 11 is 0. The number of hydrogen-bond acceptors (Lipinski definition) is 2. The van der Waals surface area contributed by atoms with Crippen molar-refractivity contribution in [1.82, 2.24) is 9.88 Å². The Morgan fingerprint density at radius 1 is 1.40 bits per heavy atom. The predicted molar refractivity (Wildman–Crippen MR) is 68.5 cm³/mol. The Morgan fingerprint density at radius 2 is 2.10 bits per heavy atom. The number of carbonyl (C=O) groups is 1. The van der Waals surface area contributed by atoms with Crippen molar-refractivity contribution in [1.29, 1.82) is 0 Å². The van der Waals surface area contributed by atoms with E-state index in [2.05, 4.69) is 11.6 Å². The topological polar surface area (TPSA) is 33.2 Å². The van der Waals surface area contributed by atoms with Crippen molar-refractivity contribution in [2.45, 2.75) is 6.18 Å². The maximum Gasteiger partial charge on any atom is 0.417 e. The molecule has 0 aliphatic carbocycles. The van der Waals surface area contributed by atoms with Crippen LogP contribution < -0.4 is 0 Å². The maximum absolute atomic E-state index is 12.3. The third-order valence-electron chi connectivity index (χ3n) is 3.05. The van der Waals surface area contributed by atoms with Crippen molar-refractivity contribution < 1.29 is 18.0 Å². The molecule has 0 atom stereocenters. The fourth-order valence-electron chi connectivity index (χ4n) is 1.85. The van der Waals surface area contributed by atoms with Crippen LogP contribution in [0.15, 0.2) is 37.1 Å². The highest BCUT2D eigenvalue weighted by atomic mass is 19.4. The minimum Gasteiger partial charge on any atom is -0.338 e. The summed E-state index contributed by atoms with van der Waals surface area (Å²) in [5.74, 6) is 0.102. The van der Waals surface area contributed by atoms with Gasteiger partial charge in [-0.2, -0.15) is 13.2 Å². The maximum atomic E-state index is 12.3. The predicted octanol–water partition coefficient (Wildman–Crippen LogP) is 2.76. The van der Waals surface area contributed by atoms with E-state index in [9.17, 15) is 18.0 Å². The van der Waals surface area contributed by atoms with Crippen LogP contribution in [0, 0.1) is 5.92 Å². The van der Waals surface area contributed by atoms with Crippen LogP contribution in [0.2, 0.25) is 0 Å². The van der Waals surface area contributed by atoms with Gasteiger partial charge < -0.3 is 4.90 Å². The van der Waals surface area contributed by atoms with Gasteiger partial charge in [0.15, 0.2) is 0 Å². The molecule has 20 heavy (non-hydrogen) atoms. The number of amides is 1. The van der Waals surface area contributed by atoms with Crippen molar-refractivity contribution in [3.63, 3.8) is 0 Å². The highest BCUT2D eigenvalue weighted by molar-refractivity contribution is 5.87. The number of aromatic nitrogens is 1. The number of hydrogen-bond donors (Lipinski definition) is 0. The highest BCUT2D eigenvalue weighted by Gasteiger charge is 2.30. The molecule has 0 spiro atoms. The van der Waals surface area contributed by atoms with Crippen LogP contribution in [0.3, 0.4) is 0 Å². The number of alkyl halides is 3. The molecule has 0 bridgehead atoms. The molecule has 3 nitrogen and oxygen atoms in total. The lowest BCUT2D eigenvalue weighted by Crippen LogP contribution is -2.48. The number of nitrogens with zero attached hydrogens (tertiary/aromatic N) is 2. The van der Waals surface area contributed by atoms with Crippen molar-refractivity contribution in [3.8, 4) is 0 Å². The molecule has 0 N–H and O–H groups in total. The Labute approximate surface area is 114 Å². The van der Waals surface area contributed by atoms with Gasteiger partial charge in [0.2, 0.25) is 5.91 Å². The molecule has 1 saturated heterocycles. The molecular formula is C14H13F3N2O. The van der Waals surface area contributed by atoms with Gasteiger partial charge in [0.1, 0.15) is 0 Å². The standard InChI is InChI=1S/C14H13F3N2O/c1-2-13(20)19-8-10(9-19)3-5-12-6-4-11(7-18-12)14(15,16)17/h2-7,10H,1,8-9H2/b5-3+. The minimum absolute atomic E-state index is 0.109. The molecule has 0 radical (unpaired) electrons. The van der Waals surface area contributed by atoms with Crippen molar-refractivity contribution >= 4 is 12.0 Å². The molecule has 0 aromatic carbocycles. The Balaban J connectivity index is 1.90. The summed E-state index contributed by atoms with van der Waals surface area (Å²) in [6.07, 6.45) is 1.23. The molecule has 1 aliphatic heterocycles. The lowest BCUT2D eigenvalue weighted by atomic mass is 9.99. The Hall–Kier alpha value is -2.11. The van der Waals surface area contributed by atoms with Crippen LogP contribution in [-0.4, -0.2) is 28.9 Å². The fourth-order valence-corrected chi connectivity index (χ4v) is 1.85. The lowest BCUT2D eigenvalue weighted by molar-refractivity contribution is -0.137. The van der Waals surface area contributed by atoms with Crippen LogP contribution in [0.1, 0.15) is 11.3 Å². The molecule has 1 aliphatic rings. The van der Waals surface area contributed by atoms with Crippen LogP contribution >= 0.6 is 0 Å². The van der Waals surface area contributed by atoms with Gasteiger partial charge in [0.25, 0.3) is 0 Å². The third kappa shape index (κ3) is 3.26. The van der Waals surface area contributed by atoms with Gasteiger partial charge in [-0.15, -0.1) is 0 Å². The highest BCUT2D eigenvalue weighted by Crippen LogP contribution is 2.28. The zero-order valence-corrected chi connectivity index (χ0v) is 10.6. The van der Waals surface area contributed by atoms with E-state index in [4.69, 9.17) is 0 Å². The van der Waals surface area contributed by atoms with Crippen LogP contribution in [0.25, 0.3) is 6.08 Å². The zero-order chi connectivity index (χ0) is 14.8. The molecule has 2 heterocycles. The molecular weight excluding hydrogens is 269 g/mol. The second-order valence-electron chi connectivity index (χ2n) is 4.54. The molecule has 1 aromatic heterocycles. The van der Waals surface area contributed by atoms with Gasteiger partial charge in [-0.3, -0.25) is 9.78 Å². The number of halogens is 3. The Bertz CT molecular complexity index is 528. The van der Waals surface area contributed by atoms with Gasteiger partial charge in [-0.1, -0.05) is 12.7 Å². The number of carbonyl (C=O) groups excluding carboxylic acids is 1. The SMILES string of the molecule is C=CC(=O)N1CC(/C=C/c2ccc(C(F)(F)F)cn2)C1. The summed E-state index contributed by atoms with van der Waals surface area (Å²) in [5.41, 5.74) is -0.299. The van der Waals surface area contributed by atoms with Crippen molar-refractivity contribution in [2.75, 3.05) is 13.1 Å². The van der Waals surface area contributed by atoms with Gasteiger partial charge in [0, 0.05) is 25.2 Å². The second-order valence-corrected chi connectivity index (χ2v) is 4.54. The normalized spacial score (nSPS) is 16.2. The second kappa shape index (κ2) is 5.48. The van der Waals surface area contributed by atoms with E-state index < -0.39 is 11.7 Å². The smallest absolute Gasteiger partial charge is 0.338 e. The summed E-state index contributed by atoms with van der Waals surface area (Å²) in [4.78, 5) is 16.6. The zero-order valence-electron chi connectivity index (χ0n) is 10.6. The van der Waals surface area contributed by atoms with E-state index in [0.29, 0.717) is 18.8 Å². The molecule has 1 fully saturated rings. The van der Waals surface area contributed by atoms with Crippen molar-refractivity contribution in [3.05, 3.63) is 48.3 Å². The first kappa shape index (κ1) is 14.3. The lowest BCUT2D eigenvalue weighted by Gasteiger charge is -2.36. The first-order valence-corrected chi connectivity index (χ1v) is 6.03. The fraction of sp³-hybridized carbons (Fsp3) is 0.286. The summed E-state index contributed by atoms with van der Waals surface area (Å²) in [6, 6.07) is 2.33. The molecule has 0 unspecified atom stereocenters. The Kier molecular flexibility index (Phi) is 3.92. The number of likely N-dealkylation sites (tertiary alicyclic amines) is 1.